The van der Waals surface area contributed by atoms with E-state index in [-0.39, 0.29) is 0 Å². The van der Waals surface area contributed by atoms with Crippen molar-refractivity contribution in [2.45, 2.75) is 13.1 Å². The van der Waals surface area contributed by atoms with Gasteiger partial charge >= 0.3 is 0 Å². The number of hydrogen-bond acceptors (Lipinski definition) is 3. The summed E-state index contributed by atoms with van der Waals surface area (Å²) in [6, 6.07) is 14.8. The highest BCUT2D eigenvalue weighted by atomic mass is 28.3. The normalized spacial score (nSPS) is 15.0. The number of nitrogens with one attached hydrogen (secondary N) is 2. The fourth-order valence-corrected chi connectivity index (χ4v) is 5.56. The monoisotopic (exact) mass is 296 g/mol. The standard InChI is InChI=1S/C17H20N2OSi/c1-18-10-11-19-13-8-9-17-15(12-13)20-14-6-4-5-7-16(14)21(17,2)3/h4-12,18-19H,1-3H3/b11-10-. The first-order valence-corrected chi connectivity index (χ1v) is 10.1. The molecule has 1 heterocycles. The lowest BCUT2D eigenvalue weighted by atomic mass is 10.3. The highest BCUT2D eigenvalue weighted by Crippen LogP contribution is 2.30. The van der Waals surface area contributed by atoms with E-state index >= 15 is 0 Å². The lowest BCUT2D eigenvalue weighted by Gasteiger charge is -2.33. The van der Waals surface area contributed by atoms with E-state index < -0.39 is 8.07 Å². The van der Waals surface area contributed by atoms with Crippen LogP contribution < -0.4 is 25.7 Å². The van der Waals surface area contributed by atoms with E-state index in [2.05, 4.69) is 60.1 Å². The lowest BCUT2D eigenvalue weighted by molar-refractivity contribution is 0.487. The summed E-state index contributed by atoms with van der Waals surface area (Å²) in [6.45, 7) is 4.75. The molecule has 0 unspecified atom stereocenters. The van der Waals surface area contributed by atoms with Crippen LogP contribution in [0, 0.1) is 0 Å². The van der Waals surface area contributed by atoms with Gasteiger partial charge in [-0.3, -0.25) is 0 Å². The molecule has 4 heteroatoms. The number of hydrogen-bond donors (Lipinski definition) is 2. The highest BCUT2D eigenvalue weighted by molar-refractivity contribution is 7.01. The summed E-state index contributed by atoms with van der Waals surface area (Å²) in [7, 11) is 0.198. The molecule has 1 aliphatic heterocycles. The Morgan fingerprint density at radius 1 is 0.952 bits per heavy atom. The van der Waals surface area contributed by atoms with Crippen molar-refractivity contribution >= 4 is 24.1 Å². The van der Waals surface area contributed by atoms with Crippen molar-refractivity contribution in [3.63, 3.8) is 0 Å². The van der Waals surface area contributed by atoms with E-state index in [0.29, 0.717) is 0 Å². The van der Waals surface area contributed by atoms with E-state index in [1.165, 1.54) is 10.4 Å². The number of benzene rings is 2. The van der Waals surface area contributed by atoms with Crippen LogP contribution in [0.15, 0.2) is 54.9 Å². The molecule has 0 amide bonds. The SMILES string of the molecule is CN/C=C\Nc1ccc2c(c1)Oc1ccccc1[Si]2(C)C. The maximum absolute atomic E-state index is 6.12. The zero-order chi connectivity index (χ0) is 14.9. The van der Waals surface area contributed by atoms with Crippen molar-refractivity contribution in [3.8, 4) is 11.5 Å². The van der Waals surface area contributed by atoms with Gasteiger partial charge in [0.15, 0.2) is 0 Å². The van der Waals surface area contributed by atoms with Gasteiger partial charge in [0.25, 0.3) is 0 Å². The van der Waals surface area contributed by atoms with Crippen LogP contribution in [0.1, 0.15) is 0 Å². The first-order valence-electron chi connectivity index (χ1n) is 7.13. The quantitative estimate of drug-likeness (QED) is 0.855. The zero-order valence-electron chi connectivity index (χ0n) is 12.6. The average molecular weight is 296 g/mol. The number of anilines is 1. The molecule has 0 saturated heterocycles. The summed E-state index contributed by atoms with van der Waals surface area (Å²) in [4.78, 5) is 0. The minimum atomic E-state index is -1.68. The van der Waals surface area contributed by atoms with Crippen LogP contribution in [0.5, 0.6) is 11.5 Å². The Bertz CT molecular complexity index is 695. The van der Waals surface area contributed by atoms with Crippen molar-refractivity contribution in [2.75, 3.05) is 12.4 Å². The first kappa shape index (κ1) is 13.8. The van der Waals surface area contributed by atoms with E-state index in [1.54, 1.807) is 0 Å². The van der Waals surface area contributed by atoms with Gasteiger partial charge in [-0.1, -0.05) is 37.4 Å². The van der Waals surface area contributed by atoms with Crippen LogP contribution in [0.2, 0.25) is 13.1 Å². The third kappa shape index (κ3) is 2.42. The fraction of sp³-hybridized carbons (Fsp3) is 0.176. The molecule has 0 aliphatic carbocycles. The van der Waals surface area contributed by atoms with E-state index in [4.69, 9.17) is 4.74 Å². The summed E-state index contributed by atoms with van der Waals surface area (Å²) in [6.07, 6.45) is 3.73. The van der Waals surface area contributed by atoms with Gasteiger partial charge in [0.05, 0.1) is 0 Å². The third-order valence-corrected chi connectivity index (χ3v) is 7.45. The fourth-order valence-electron chi connectivity index (χ4n) is 2.77. The molecule has 0 saturated carbocycles. The second-order valence-corrected chi connectivity index (χ2v) is 10.0. The van der Waals surface area contributed by atoms with Gasteiger partial charge in [0.2, 0.25) is 0 Å². The minimum absolute atomic E-state index is 0.980. The smallest absolute Gasteiger partial charge is 0.129 e. The molecule has 0 aromatic heterocycles. The lowest BCUT2D eigenvalue weighted by Crippen LogP contribution is -2.55. The predicted octanol–water partition coefficient (Wildman–Crippen LogP) is 2.72. The number of para-hydroxylation sites is 1. The zero-order valence-corrected chi connectivity index (χ0v) is 13.6. The third-order valence-electron chi connectivity index (χ3n) is 3.94. The van der Waals surface area contributed by atoms with Gasteiger partial charge in [0.1, 0.15) is 19.6 Å². The molecule has 0 fully saturated rings. The van der Waals surface area contributed by atoms with Crippen molar-refractivity contribution in [1.29, 1.82) is 0 Å². The molecule has 2 N–H and O–H groups in total. The van der Waals surface area contributed by atoms with Crippen molar-refractivity contribution in [1.82, 2.24) is 5.32 Å². The summed E-state index contributed by atoms with van der Waals surface area (Å²) in [5.74, 6) is 1.98. The molecular weight excluding hydrogens is 276 g/mol. The molecule has 2 aromatic rings. The van der Waals surface area contributed by atoms with Crippen molar-refractivity contribution < 1.29 is 4.74 Å². The number of rotatable bonds is 3. The van der Waals surface area contributed by atoms with Gasteiger partial charge in [-0.25, -0.2) is 0 Å². The Morgan fingerprint density at radius 2 is 1.71 bits per heavy atom. The maximum atomic E-state index is 6.12. The van der Waals surface area contributed by atoms with Crippen LogP contribution in [0.3, 0.4) is 0 Å². The predicted molar refractivity (Wildman–Crippen MR) is 91.5 cm³/mol. The van der Waals surface area contributed by atoms with Crippen LogP contribution in [-0.4, -0.2) is 15.1 Å². The van der Waals surface area contributed by atoms with Gasteiger partial charge < -0.3 is 15.4 Å². The second-order valence-electron chi connectivity index (χ2n) is 5.70. The van der Waals surface area contributed by atoms with Crippen LogP contribution in [0.4, 0.5) is 5.69 Å². The molecule has 21 heavy (non-hydrogen) atoms. The van der Waals surface area contributed by atoms with E-state index in [0.717, 1.165) is 17.2 Å². The molecule has 3 rings (SSSR count). The Balaban J connectivity index is 2.00. The maximum Gasteiger partial charge on any atom is 0.129 e. The Kier molecular flexibility index (Phi) is 3.47. The van der Waals surface area contributed by atoms with E-state index in [1.807, 2.05) is 25.5 Å². The van der Waals surface area contributed by atoms with Gasteiger partial charge in [-0.15, -0.1) is 0 Å². The van der Waals surface area contributed by atoms with E-state index in [9.17, 15) is 0 Å². The van der Waals surface area contributed by atoms with Crippen molar-refractivity contribution in [3.05, 3.63) is 54.9 Å². The Hall–Kier alpha value is -2.20. The van der Waals surface area contributed by atoms with Gasteiger partial charge in [-0.05, 0) is 22.5 Å². The largest absolute Gasteiger partial charge is 0.458 e. The minimum Gasteiger partial charge on any atom is -0.458 e. The first-order chi connectivity index (χ1) is 10.1. The average Bonchev–Trinajstić information content (AvgIpc) is 2.47. The molecular formula is C17H20N2OSi. The molecule has 0 bridgehead atoms. The van der Waals surface area contributed by atoms with Crippen LogP contribution in [-0.2, 0) is 0 Å². The molecule has 3 nitrogen and oxygen atoms in total. The van der Waals surface area contributed by atoms with Crippen molar-refractivity contribution in [2.24, 2.45) is 0 Å². The topological polar surface area (TPSA) is 33.3 Å². The molecule has 2 aromatic carbocycles. The van der Waals surface area contributed by atoms with Gasteiger partial charge in [0, 0.05) is 31.2 Å². The molecule has 0 spiro atoms. The molecule has 0 atom stereocenters. The summed E-state index contributed by atoms with van der Waals surface area (Å²) < 4.78 is 6.12. The molecule has 108 valence electrons. The molecule has 0 radical (unpaired) electrons. The Labute approximate surface area is 126 Å². The van der Waals surface area contributed by atoms with Gasteiger partial charge in [-0.2, -0.15) is 0 Å². The summed E-state index contributed by atoms with van der Waals surface area (Å²) in [5.41, 5.74) is 1.03. The second kappa shape index (κ2) is 5.29. The number of fused-ring (bicyclic) bond motifs is 2. The Morgan fingerprint density at radius 3 is 2.52 bits per heavy atom. The summed E-state index contributed by atoms with van der Waals surface area (Å²) in [5, 5.41) is 8.92. The van der Waals surface area contributed by atoms with Crippen LogP contribution in [0.25, 0.3) is 0 Å². The number of ether oxygens (including phenoxy) is 1. The van der Waals surface area contributed by atoms with Crippen LogP contribution >= 0.6 is 0 Å². The highest BCUT2D eigenvalue weighted by Gasteiger charge is 2.35. The molecule has 1 aliphatic rings. The summed E-state index contributed by atoms with van der Waals surface area (Å²) >= 11 is 0.